The summed E-state index contributed by atoms with van der Waals surface area (Å²) in [6.07, 6.45) is 2.05. The smallest absolute Gasteiger partial charge is 0.318 e. The molecule has 2 amide bonds. The molecule has 0 unspecified atom stereocenters. The SMILES string of the molecule is CSc1ccc(CN(C)C(=O)NCC#Cc2ccccc2)cc1. The lowest BCUT2D eigenvalue weighted by atomic mass is 10.2. The van der Waals surface area contributed by atoms with Crippen molar-refractivity contribution in [2.75, 3.05) is 19.8 Å². The van der Waals surface area contributed by atoms with Gasteiger partial charge in [0.15, 0.2) is 0 Å². The molecular formula is C19H20N2OS. The summed E-state index contributed by atoms with van der Waals surface area (Å²) in [5, 5.41) is 2.80. The lowest BCUT2D eigenvalue weighted by Crippen LogP contribution is -2.36. The van der Waals surface area contributed by atoms with Gasteiger partial charge in [-0.15, -0.1) is 11.8 Å². The second-order valence-corrected chi connectivity index (χ2v) is 5.91. The Balaban J connectivity index is 1.79. The van der Waals surface area contributed by atoms with Crippen molar-refractivity contribution in [1.82, 2.24) is 10.2 Å². The van der Waals surface area contributed by atoms with Crippen molar-refractivity contribution in [2.24, 2.45) is 0 Å². The Bertz CT molecular complexity index is 687. The molecule has 0 aliphatic carbocycles. The number of carbonyl (C=O) groups excluding carboxylic acids is 1. The number of nitrogens with zero attached hydrogens (tertiary/aromatic N) is 1. The third kappa shape index (κ3) is 5.72. The van der Waals surface area contributed by atoms with Crippen molar-refractivity contribution in [2.45, 2.75) is 11.4 Å². The molecule has 118 valence electrons. The molecule has 2 aromatic carbocycles. The lowest BCUT2D eigenvalue weighted by Gasteiger charge is -2.17. The molecule has 0 atom stereocenters. The molecule has 0 heterocycles. The van der Waals surface area contributed by atoms with Crippen LogP contribution in [0.25, 0.3) is 0 Å². The predicted molar refractivity (Wildman–Crippen MR) is 96.4 cm³/mol. The number of urea groups is 1. The molecule has 0 radical (unpaired) electrons. The number of hydrogen-bond donors (Lipinski definition) is 1. The molecule has 0 aromatic heterocycles. The minimum Gasteiger partial charge on any atom is -0.327 e. The van der Waals surface area contributed by atoms with Crippen LogP contribution in [-0.2, 0) is 6.54 Å². The van der Waals surface area contributed by atoms with Gasteiger partial charge in [-0.2, -0.15) is 0 Å². The molecule has 4 heteroatoms. The van der Waals surface area contributed by atoms with Gasteiger partial charge in [-0.25, -0.2) is 4.79 Å². The summed E-state index contributed by atoms with van der Waals surface area (Å²) in [5.41, 5.74) is 2.06. The summed E-state index contributed by atoms with van der Waals surface area (Å²) in [6, 6.07) is 17.8. The number of rotatable bonds is 4. The van der Waals surface area contributed by atoms with Gasteiger partial charge in [0.05, 0.1) is 6.54 Å². The average molecular weight is 324 g/mol. The molecule has 0 fully saturated rings. The summed E-state index contributed by atoms with van der Waals surface area (Å²) >= 11 is 1.71. The first-order valence-corrected chi connectivity index (χ1v) is 8.57. The third-order valence-electron chi connectivity index (χ3n) is 3.26. The standard InChI is InChI=1S/C19H20N2OS/c1-21(15-17-10-12-18(23-2)13-11-17)19(22)20-14-6-9-16-7-4-3-5-8-16/h3-5,7-8,10-13H,14-15H2,1-2H3,(H,20,22). The van der Waals surface area contributed by atoms with Gasteiger partial charge in [-0.1, -0.05) is 42.2 Å². The summed E-state index contributed by atoms with van der Waals surface area (Å²) < 4.78 is 0. The number of benzene rings is 2. The normalized spacial score (nSPS) is 9.65. The molecule has 0 bridgehead atoms. The van der Waals surface area contributed by atoms with Crippen LogP contribution in [0.1, 0.15) is 11.1 Å². The van der Waals surface area contributed by atoms with Crippen LogP contribution in [-0.4, -0.2) is 30.8 Å². The van der Waals surface area contributed by atoms with E-state index in [0.29, 0.717) is 13.1 Å². The van der Waals surface area contributed by atoms with Gasteiger partial charge in [0.1, 0.15) is 0 Å². The predicted octanol–water partition coefficient (Wildman–Crippen LogP) is 3.60. The van der Waals surface area contributed by atoms with Crippen LogP contribution >= 0.6 is 11.8 Å². The molecule has 0 saturated heterocycles. The Kier molecular flexibility index (Phi) is 6.58. The van der Waals surface area contributed by atoms with Crippen LogP contribution in [0.3, 0.4) is 0 Å². The minimum absolute atomic E-state index is 0.124. The number of carbonyl (C=O) groups is 1. The first kappa shape index (κ1) is 17.0. The molecule has 1 N–H and O–H groups in total. The highest BCUT2D eigenvalue weighted by Gasteiger charge is 2.07. The Morgan fingerprint density at radius 1 is 1.13 bits per heavy atom. The quantitative estimate of drug-likeness (QED) is 0.688. The van der Waals surface area contributed by atoms with Crippen molar-refractivity contribution in [1.29, 1.82) is 0 Å². The van der Waals surface area contributed by atoms with E-state index in [1.54, 1.807) is 23.7 Å². The van der Waals surface area contributed by atoms with E-state index in [1.165, 1.54) is 4.90 Å². The first-order valence-electron chi connectivity index (χ1n) is 7.35. The van der Waals surface area contributed by atoms with Crippen LogP contribution in [0.15, 0.2) is 59.5 Å². The largest absolute Gasteiger partial charge is 0.327 e. The van der Waals surface area contributed by atoms with Gasteiger partial charge < -0.3 is 10.2 Å². The average Bonchev–Trinajstić information content (AvgIpc) is 2.60. The Morgan fingerprint density at radius 3 is 2.48 bits per heavy atom. The second-order valence-electron chi connectivity index (χ2n) is 5.03. The minimum atomic E-state index is -0.124. The Hall–Kier alpha value is -2.38. The van der Waals surface area contributed by atoms with Gasteiger partial charge in [0.25, 0.3) is 0 Å². The van der Waals surface area contributed by atoms with Crippen molar-refractivity contribution in [3.63, 3.8) is 0 Å². The zero-order chi connectivity index (χ0) is 16.5. The van der Waals surface area contributed by atoms with Crippen LogP contribution in [0.4, 0.5) is 4.79 Å². The van der Waals surface area contributed by atoms with E-state index in [4.69, 9.17) is 0 Å². The first-order chi connectivity index (χ1) is 11.2. The van der Waals surface area contributed by atoms with Crippen molar-refractivity contribution in [3.8, 4) is 11.8 Å². The van der Waals surface area contributed by atoms with E-state index in [-0.39, 0.29) is 6.03 Å². The van der Waals surface area contributed by atoms with Crippen LogP contribution in [0, 0.1) is 11.8 Å². The topological polar surface area (TPSA) is 32.3 Å². The van der Waals surface area contributed by atoms with Crippen LogP contribution in [0.5, 0.6) is 0 Å². The zero-order valence-corrected chi connectivity index (χ0v) is 14.2. The van der Waals surface area contributed by atoms with E-state index in [2.05, 4.69) is 29.3 Å². The maximum atomic E-state index is 12.0. The Labute approximate surface area is 142 Å². The highest BCUT2D eigenvalue weighted by Crippen LogP contribution is 2.15. The molecule has 0 aliphatic rings. The van der Waals surface area contributed by atoms with Crippen LogP contribution < -0.4 is 5.32 Å². The van der Waals surface area contributed by atoms with Crippen molar-refractivity contribution >= 4 is 17.8 Å². The molecule has 3 nitrogen and oxygen atoms in total. The molecule has 2 aromatic rings. The maximum Gasteiger partial charge on any atom is 0.318 e. The van der Waals surface area contributed by atoms with Crippen molar-refractivity contribution < 1.29 is 4.79 Å². The summed E-state index contributed by atoms with van der Waals surface area (Å²) in [6.45, 7) is 0.913. The van der Waals surface area contributed by atoms with Gasteiger partial charge in [0.2, 0.25) is 0 Å². The van der Waals surface area contributed by atoms with E-state index in [9.17, 15) is 4.79 Å². The van der Waals surface area contributed by atoms with E-state index >= 15 is 0 Å². The third-order valence-corrected chi connectivity index (χ3v) is 4.00. The van der Waals surface area contributed by atoms with Crippen molar-refractivity contribution in [3.05, 3.63) is 65.7 Å². The second kappa shape index (κ2) is 8.92. The summed E-state index contributed by atoms with van der Waals surface area (Å²) in [7, 11) is 1.78. The fraction of sp³-hybridized carbons (Fsp3) is 0.211. The molecule has 23 heavy (non-hydrogen) atoms. The summed E-state index contributed by atoms with van der Waals surface area (Å²) in [4.78, 5) is 14.9. The number of hydrogen-bond acceptors (Lipinski definition) is 2. The lowest BCUT2D eigenvalue weighted by molar-refractivity contribution is 0.208. The number of nitrogens with one attached hydrogen (secondary N) is 1. The highest BCUT2D eigenvalue weighted by atomic mass is 32.2. The fourth-order valence-electron chi connectivity index (χ4n) is 2.00. The van der Waals surface area contributed by atoms with E-state index in [1.807, 2.05) is 48.7 Å². The monoisotopic (exact) mass is 324 g/mol. The molecule has 0 spiro atoms. The fourth-order valence-corrected chi connectivity index (χ4v) is 2.41. The Morgan fingerprint density at radius 2 is 1.83 bits per heavy atom. The van der Waals surface area contributed by atoms with Gasteiger partial charge in [0, 0.05) is 24.1 Å². The molecule has 0 aliphatic heterocycles. The molecule has 2 rings (SSSR count). The zero-order valence-electron chi connectivity index (χ0n) is 13.4. The van der Waals surface area contributed by atoms with Crippen LogP contribution in [0.2, 0.25) is 0 Å². The number of amides is 2. The molecule has 0 saturated carbocycles. The number of thioether (sulfide) groups is 1. The van der Waals surface area contributed by atoms with E-state index in [0.717, 1.165) is 11.1 Å². The van der Waals surface area contributed by atoms with Gasteiger partial charge in [-0.05, 0) is 36.1 Å². The highest BCUT2D eigenvalue weighted by molar-refractivity contribution is 7.98. The van der Waals surface area contributed by atoms with E-state index < -0.39 is 0 Å². The summed E-state index contributed by atoms with van der Waals surface area (Å²) in [5.74, 6) is 5.97. The molecular weight excluding hydrogens is 304 g/mol. The van der Waals surface area contributed by atoms with Gasteiger partial charge in [-0.3, -0.25) is 0 Å². The maximum absolute atomic E-state index is 12.0. The van der Waals surface area contributed by atoms with Gasteiger partial charge >= 0.3 is 6.03 Å².